The Kier molecular flexibility index (Phi) is 2.72. The molecule has 0 amide bonds. The summed E-state index contributed by atoms with van der Waals surface area (Å²) in [6, 6.07) is 5.87. The van der Waals surface area contributed by atoms with Gasteiger partial charge >= 0.3 is 0 Å². The summed E-state index contributed by atoms with van der Waals surface area (Å²) >= 11 is 6.16. The number of aromatic nitrogens is 1. The smallest absolute Gasteiger partial charge is 0.0669 e. The normalized spacial score (nSPS) is 12.3. The first kappa shape index (κ1) is 11.5. The van der Waals surface area contributed by atoms with Crippen molar-refractivity contribution in [2.24, 2.45) is 7.05 Å². The molecule has 2 aromatic rings. The van der Waals surface area contributed by atoms with Crippen molar-refractivity contribution in [1.29, 1.82) is 0 Å². The van der Waals surface area contributed by atoms with Crippen molar-refractivity contribution in [2.45, 2.75) is 25.9 Å². The van der Waals surface area contributed by atoms with Gasteiger partial charge in [-0.15, -0.1) is 0 Å². The Labute approximate surface area is 100 Å². The van der Waals surface area contributed by atoms with Gasteiger partial charge in [0, 0.05) is 25.1 Å². The molecular formula is C13H16ClNO. The Balaban J connectivity index is 2.60. The van der Waals surface area contributed by atoms with Crippen LogP contribution in [0.3, 0.4) is 0 Å². The molecule has 1 aromatic heterocycles. The predicted octanol–water partition coefficient (Wildman–Crippen LogP) is 3.15. The molecule has 1 heterocycles. The second-order valence-electron chi connectivity index (χ2n) is 4.89. The summed E-state index contributed by atoms with van der Waals surface area (Å²) in [4.78, 5) is 0. The lowest BCUT2D eigenvalue weighted by Crippen LogP contribution is -2.21. The molecule has 16 heavy (non-hydrogen) atoms. The predicted molar refractivity (Wildman–Crippen MR) is 67.9 cm³/mol. The van der Waals surface area contributed by atoms with E-state index >= 15 is 0 Å². The molecule has 0 radical (unpaired) electrons. The van der Waals surface area contributed by atoms with E-state index in [-0.39, 0.29) is 0 Å². The highest BCUT2D eigenvalue weighted by Gasteiger charge is 2.17. The summed E-state index contributed by atoms with van der Waals surface area (Å²) in [6.07, 6.45) is 2.67. The summed E-state index contributed by atoms with van der Waals surface area (Å²) in [7, 11) is 1.97. The topological polar surface area (TPSA) is 25.2 Å². The molecule has 0 atom stereocenters. The summed E-state index contributed by atoms with van der Waals surface area (Å²) in [6.45, 7) is 3.63. The fourth-order valence-electron chi connectivity index (χ4n) is 2.11. The van der Waals surface area contributed by atoms with E-state index in [0.717, 1.165) is 21.5 Å². The number of hydrogen-bond acceptors (Lipinski definition) is 1. The highest BCUT2D eigenvalue weighted by molar-refractivity contribution is 6.35. The summed E-state index contributed by atoms with van der Waals surface area (Å²) in [5.74, 6) is 0. The van der Waals surface area contributed by atoms with Gasteiger partial charge in [-0.3, -0.25) is 0 Å². The number of nitrogens with zero attached hydrogens (tertiary/aromatic N) is 1. The maximum absolute atomic E-state index is 9.87. The van der Waals surface area contributed by atoms with Crippen LogP contribution in [0.25, 0.3) is 10.9 Å². The van der Waals surface area contributed by atoms with E-state index < -0.39 is 5.60 Å². The van der Waals surface area contributed by atoms with Crippen LogP contribution in [0, 0.1) is 0 Å². The van der Waals surface area contributed by atoms with Crippen LogP contribution in [-0.2, 0) is 13.5 Å². The fourth-order valence-corrected chi connectivity index (χ4v) is 2.42. The monoisotopic (exact) mass is 237 g/mol. The van der Waals surface area contributed by atoms with Gasteiger partial charge in [0.05, 0.1) is 16.1 Å². The number of benzene rings is 1. The standard InChI is InChI=1S/C13H16ClNO/c1-13(2,16)7-9-8-15(3)12-10(9)5-4-6-11(12)14/h4-6,8,16H,7H2,1-3H3. The van der Waals surface area contributed by atoms with Crippen molar-refractivity contribution < 1.29 is 5.11 Å². The van der Waals surface area contributed by atoms with E-state index in [9.17, 15) is 5.11 Å². The number of aliphatic hydroxyl groups is 1. The molecule has 0 spiro atoms. The molecule has 0 bridgehead atoms. The molecule has 2 rings (SSSR count). The number of halogens is 1. The molecule has 0 unspecified atom stereocenters. The number of para-hydroxylation sites is 1. The highest BCUT2D eigenvalue weighted by Crippen LogP contribution is 2.29. The third-order valence-corrected chi connectivity index (χ3v) is 2.96. The van der Waals surface area contributed by atoms with E-state index in [1.807, 2.05) is 49.9 Å². The minimum atomic E-state index is -0.698. The van der Waals surface area contributed by atoms with Gasteiger partial charge in [0.15, 0.2) is 0 Å². The third-order valence-electron chi connectivity index (χ3n) is 2.66. The van der Waals surface area contributed by atoms with Crippen LogP contribution in [0.15, 0.2) is 24.4 Å². The molecule has 86 valence electrons. The van der Waals surface area contributed by atoms with Gasteiger partial charge in [0.25, 0.3) is 0 Å². The van der Waals surface area contributed by atoms with Gasteiger partial charge in [-0.1, -0.05) is 23.7 Å². The molecule has 1 N–H and O–H groups in total. The first-order valence-electron chi connectivity index (χ1n) is 5.33. The van der Waals surface area contributed by atoms with Crippen molar-refractivity contribution in [3.63, 3.8) is 0 Å². The van der Waals surface area contributed by atoms with Crippen LogP contribution in [0.2, 0.25) is 5.02 Å². The van der Waals surface area contributed by atoms with Gasteiger partial charge in [-0.25, -0.2) is 0 Å². The Morgan fingerprint density at radius 3 is 2.69 bits per heavy atom. The minimum Gasteiger partial charge on any atom is -0.390 e. The summed E-state index contributed by atoms with van der Waals surface area (Å²) < 4.78 is 2.01. The van der Waals surface area contributed by atoms with Crippen LogP contribution in [0.4, 0.5) is 0 Å². The van der Waals surface area contributed by atoms with E-state index in [1.165, 1.54) is 0 Å². The van der Waals surface area contributed by atoms with Crippen molar-refractivity contribution in [3.05, 3.63) is 35.0 Å². The van der Waals surface area contributed by atoms with Crippen molar-refractivity contribution in [2.75, 3.05) is 0 Å². The molecule has 0 fully saturated rings. The van der Waals surface area contributed by atoms with Crippen LogP contribution < -0.4 is 0 Å². The maximum Gasteiger partial charge on any atom is 0.0669 e. The van der Waals surface area contributed by atoms with Crippen molar-refractivity contribution >= 4 is 22.5 Å². The average Bonchev–Trinajstić information content (AvgIpc) is 2.42. The number of rotatable bonds is 2. The summed E-state index contributed by atoms with van der Waals surface area (Å²) in [5.41, 5.74) is 1.47. The Bertz CT molecular complexity index is 522. The number of fused-ring (bicyclic) bond motifs is 1. The minimum absolute atomic E-state index is 0.630. The SMILES string of the molecule is Cn1cc(CC(C)(C)O)c2cccc(Cl)c21. The zero-order valence-electron chi connectivity index (χ0n) is 9.79. The Morgan fingerprint density at radius 1 is 1.38 bits per heavy atom. The number of aryl methyl sites for hydroxylation is 1. The van der Waals surface area contributed by atoms with Gasteiger partial charge in [-0.05, 0) is 25.5 Å². The molecule has 2 nitrogen and oxygen atoms in total. The van der Waals surface area contributed by atoms with Crippen LogP contribution in [-0.4, -0.2) is 15.3 Å². The molecule has 1 aromatic carbocycles. The molecule has 0 aliphatic rings. The first-order valence-corrected chi connectivity index (χ1v) is 5.71. The van der Waals surface area contributed by atoms with Gasteiger partial charge in [0.2, 0.25) is 0 Å². The maximum atomic E-state index is 9.87. The van der Waals surface area contributed by atoms with Crippen LogP contribution >= 0.6 is 11.6 Å². The first-order chi connectivity index (χ1) is 7.38. The molecular weight excluding hydrogens is 222 g/mol. The quantitative estimate of drug-likeness (QED) is 0.853. The van der Waals surface area contributed by atoms with Crippen LogP contribution in [0.5, 0.6) is 0 Å². The fraction of sp³-hybridized carbons (Fsp3) is 0.385. The lowest BCUT2D eigenvalue weighted by Gasteiger charge is -2.16. The lowest BCUT2D eigenvalue weighted by atomic mass is 9.98. The summed E-state index contributed by atoms with van der Waals surface area (Å²) in [5, 5.41) is 11.7. The van der Waals surface area contributed by atoms with E-state index in [4.69, 9.17) is 11.6 Å². The number of hydrogen-bond donors (Lipinski definition) is 1. The largest absolute Gasteiger partial charge is 0.390 e. The van der Waals surface area contributed by atoms with Crippen molar-refractivity contribution in [1.82, 2.24) is 4.57 Å². The van der Waals surface area contributed by atoms with Gasteiger partial charge < -0.3 is 9.67 Å². The molecule has 3 heteroatoms. The van der Waals surface area contributed by atoms with Gasteiger partial charge in [-0.2, -0.15) is 0 Å². The van der Waals surface area contributed by atoms with Crippen molar-refractivity contribution in [3.8, 4) is 0 Å². The zero-order chi connectivity index (χ0) is 11.9. The van der Waals surface area contributed by atoms with E-state index in [0.29, 0.717) is 6.42 Å². The second kappa shape index (κ2) is 3.79. The molecule has 0 saturated heterocycles. The lowest BCUT2D eigenvalue weighted by molar-refractivity contribution is 0.0813. The van der Waals surface area contributed by atoms with E-state index in [2.05, 4.69) is 0 Å². The molecule has 0 aliphatic heterocycles. The highest BCUT2D eigenvalue weighted by atomic mass is 35.5. The average molecular weight is 238 g/mol. The molecule has 0 saturated carbocycles. The van der Waals surface area contributed by atoms with Crippen LogP contribution in [0.1, 0.15) is 19.4 Å². The van der Waals surface area contributed by atoms with Gasteiger partial charge in [0.1, 0.15) is 0 Å². The molecule has 0 aliphatic carbocycles. The Morgan fingerprint density at radius 2 is 2.06 bits per heavy atom. The zero-order valence-corrected chi connectivity index (χ0v) is 10.5. The third kappa shape index (κ3) is 2.08. The van der Waals surface area contributed by atoms with E-state index in [1.54, 1.807) is 0 Å². The second-order valence-corrected chi connectivity index (χ2v) is 5.30. The Hall–Kier alpha value is -0.990.